The second-order valence-electron chi connectivity index (χ2n) is 9.22. The molecule has 2 aromatic rings. The van der Waals surface area contributed by atoms with E-state index in [-0.39, 0.29) is 11.7 Å². The monoisotopic (exact) mass is 378 g/mol. The zero-order chi connectivity index (χ0) is 18.9. The van der Waals surface area contributed by atoms with Crippen LogP contribution in [0.15, 0.2) is 66.7 Å². The molecule has 0 bridgehead atoms. The highest BCUT2D eigenvalue weighted by Gasteiger charge is 2.49. The Hall–Kier alpha value is -1.68. The first kappa shape index (κ1) is 18.7. The van der Waals surface area contributed by atoms with E-state index in [1.54, 1.807) is 0 Å². The Morgan fingerprint density at radius 1 is 0.963 bits per heavy atom. The number of fused-ring (bicyclic) bond motifs is 1. The van der Waals surface area contributed by atoms with Crippen LogP contribution in [-0.2, 0) is 15.4 Å². The fourth-order valence-corrected chi connectivity index (χ4v) is 6.23. The van der Waals surface area contributed by atoms with E-state index in [4.69, 9.17) is 9.78 Å². The van der Waals surface area contributed by atoms with Gasteiger partial charge in [-0.1, -0.05) is 86.4 Å². The Kier molecular flexibility index (Phi) is 5.10. The van der Waals surface area contributed by atoms with E-state index in [0.29, 0.717) is 5.92 Å². The van der Waals surface area contributed by atoms with Crippen LogP contribution in [0, 0.1) is 5.92 Å². The summed E-state index contributed by atoms with van der Waals surface area (Å²) in [5.41, 5.74) is 3.68. The molecule has 0 aromatic heterocycles. The van der Waals surface area contributed by atoms with Crippen LogP contribution in [-0.4, -0.2) is 14.2 Å². The second kappa shape index (κ2) is 7.38. The Morgan fingerprint density at radius 2 is 1.63 bits per heavy atom. The van der Waals surface area contributed by atoms with E-state index < -0.39 is 8.07 Å². The molecule has 0 amide bonds. The number of hydrogen-bond donors (Lipinski definition) is 0. The topological polar surface area (TPSA) is 18.5 Å². The first-order valence-corrected chi connectivity index (χ1v) is 13.8. The Balaban J connectivity index is 1.69. The summed E-state index contributed by atoms with van der Waals surface area (Å²) >= 11 is 0. The summed E-state index contributed by atoms with van der Waals surface area (Å²) in [7, 11) is -1.21. The third-order valence-corrected chi connectivity index (χ3v) is 7.54. The van der Waals surface area contributed by atoms with Gasteiger partial charge in [0, 0.05) is 14.0 Å². The molecule has 1 aliphatic heterocycles. The first-order chi connectivity index (χ1) is 13.0. The van der Waals surface area contributed by atoms with Gasteiger partial charge in [-0.3, -0.25) is 0 Å². The lowest BCUT2D eigenvalue weighted by atomic mass is 9.69. The van der Waals surface area contributed by atoms with E-state index >= 15 is 0 Å². The summed E-state index contributed by atoms with van der Waals surface area (Å²) in [6.45, 7) is 7.21. The van der Waals surface area contributed by atoms with Crippen LogP contribution in [0.4, 0.5) is 0 Å². The van der Waals surface area contributed by atoms with Crippen molar-refractivity contribution >= 4 is 13.6 Å². The molecule has 3 heteroatoms. The number of rotatable bonds is 4. The van der Waals surface area contributed by atoms with Crippen LogP contribution < -0.4 is 0 Å². The Bertz CT molecular complexity index is 794. The smallest absolute Gasteiger partial charge is 0.135 e. The molecule has 4 rings (SSSR count). The van der Waals surface area contributed by atoms with Gasteiger partial charge in [0.1, 0.15) is 5.60 Å². The van der Waals surface area contributed by atoms with E-state index in [0.717, 1.165) is 25.3 Å². The van der Waals surface area contributed by atoms with Crippen LogP contribution in [0.1, 0.15) is 30.4 Å². The second-order valence-corrected chi connectivity index (χ2v) is 14.8. The predicted molar refractivity (Wildman–Crippen MR) is 114 cm³/mol. The van der Waals surface area contributed by atoms with Gasteiger partial charge in [0.15, 0.2) is 0 Å². The average molecular weight is 379 g/mol. The minimum Gasteiger partial charge on any atom is -0.233 e. The van der Waals surface area contributed by atoms with Crippen molar-refractivity contribution in [1.82, 2.24) is 0 Å². The minimum absolute atomic E-state index is 0.199. The van der Waals surface area contributed by atoms with Gasteiger partial charge in [0.05, 0.1) is 6.10 Å². The molecule has 0 unspecified atom stereocenters. The van der Waals surface area contributed by atoms with E-state index in [1.807, 2.05) is 0 Å². The van der Waals surface area contributed by atoms with Crippen molar-refractivity contribution in [2.75, 3.05) is 0 Å². The van der Waals surface area contributed by atoms with Crippen molar-refractivity contribution < 1.29 is 9.78 Å². The highest BCUT2D eigenvalue weighted by atomic mass is 28.3. The van der Waals surface area contributed by atoms with Crippen molar-refractivity contribution in [2.24, 2.45) is 5.92 Å². The number of allylic oxidation sites excluding steroid dienone is 1. The molecule has 142 valence electrons. The summed E-state index contributed by atoms with van der Waals surface area (Å²) in [5, 5.41) is 0. The van der Waals surface area contributed by atoms with Gasteiger partial charge >= 0.3 is 0 Å². The highest BCUT2D eigenvalue weighted by molar-refractivity contribution is 6.76. The van der Waals surface area contributed by atoms with Gasteiger partial charge in [-0.05, 0) is 42.0 Å². The van der Waals surface area contributed by atoms with Crippen LogP contribution >= 0.6 is 0 Å². The van der Waals surface area contributed by atoms with Gasteiger partial charge < -0.3 is 0 Å². The number of hydrogen-bond acceptors (Lipinski definition) is 2. The molecule has 3 atom stereocenters. The molecule has 0 N–H and O–H groups in total. The third kappa shape index (κ3) is 3.96. The average Bonchev–Trinajstić information content (AvgIpc) is 2.67. The van der Waals surface area contributed by atoms with Crippen LogP contribution in [0.25, 0.3) is 5.57 Å². The SMILES string of the molecule is C[Si](C)(C)C[C@@H]1C[C@@H]2C=C(c3ccccc3)CC[C@]2(c2ccccc2)OO1. The molecule has 1 aliphatic carbocycles. The highest BCUT2D eigenvalue weighted by Crippen LogP contribution is 2.51. The maximum atomic E-state index is 6.28. The molecule has 2 nitrogen and oxygen atoms in total. The van der Waals surface area contributed by atoms with E-state index in [9.17, 15) is 0 Å². The molecule has 2 aromatic carbocycles. The van der Waals surface area contributed by atoms with Crippen molar-refractivity contribution in [3.8, 4) is 0 Å². The lowest BCUT2D eigenvalue weighted by Crippen LogP contribution is -2.47. The van der Waals surface area contributed by atoms with Crippen molar-refractivity contribution in [1.29, 1.82) is 0 Å². The molecular formula is C24H30O2Si. The largest absolute Gasteiger partial charge is 0.233 e. The predicted octanol–water partition coefficient (Wildman–Crippen LogP) is 6.43. The molecule has 1 saturated heterocycles. The fraction of sp³-hybridized carbons (Fsp3) is 0.417. The van der Waals surface area contributed by atoms with Gasteiger partial charge in [-0.25, -0.2) is 9.78 Å². The Morgan fingerprint density at radius 3 is 2.30 bits per heavy atom. The summed E-state index contributed by atoms with van der Waals surface area (Å²) in [6, 6.07) is 22.6. The quantitative estimate of drug-likeness (QED) is 0.450. The summed E-state index contributed by atoms with van der Waals surface area (Å²) in [4.78, 5) is 12.3. The molecule has 1 fully saturated rings. The molecule has 0 radical (unpaired) electrons. The van der Waals surface area contributed by atoms with Crippen molar-refractivity contribution in [3.05, 3.63) is 77.9 Å². The van der Waals surface area contributed by atoms with E-state index in [1.165, 1.54) is 16.7 Å². The first-order valence-electron chi connectivity index (χ1n) is 10.1. The third-order valence-electron chi connectivity index (χ3n) is 5.86. The van der Waals surface area contributed by atoms with Crippen molar-refractivity contribution in [2.45, 2.75) is 56.7 Å². The fourth-order valence-electron chi connectivity index (χ4n) is 4.62. The Labute approximate surface area is 164 Å². The van der Waals surface area contributed by atoms with Gasteiger partial charge in [-0.2, -0.15) is 0 Å². The van der Waals surface area contributed by atoms with Crippen molar-refractivity contribution in [3.63, 3.8) is 0 Å². The van der Waals surface area contributed by atoms with Gasteiger partial charge in [0.25, 0.3) is 0 Å². The van der Waals surface area contributed by atoms with Crippen LogP contribution in [0.5, 0.6) is 0 Å². The zero-order valence-electron chi connectivity index (χ0n) is 16.7. The molecule has 1 heterocycles. The maximum absolute atomic E-state index is 6.28. The zero-order valence-corrected chi connectivity index (χ0v) is 17.7. The van der Waals surface area contributed by atoms with Gasteiger partial charge in [-0.15, -0.1) is 0 Å². The maximum Gasteiger partial charge on any atom is 0.135 e. The normalized spacial score (nSPS) is 28.3. The molecule has 2 aliphatic rings. The molecule has 27 heavy (non-hydrogen) atoms. The molecular weight excluding hydrogens is 348 g/mol. The summed E-state index contributed by atoms with van der Waals surface area (Å²) in [5.74, 6) is 0.346. The molecule has 0 saturated carbocycles. The van der Waals surface area contributed by atoms with Crippen LogP contribution in [0.3, 0.4) is 0 Å². The number of benzene rings is 2. The van der Waals surface area contributed by atoms with E-state index in [2.05, 4.69) is 86.4 Å². The summed E-state index contributed by atoms with van der Waals surface area (Å²) < 4.78 is 0. The minimum atomic E-state index is -1.21. The lowest BCUT2D eigenvalue weighted by molar-refractivity contribution is -0.424. The van der Waals surface area contributed by atoms with Crippen LogP contribution in [0.2, 0.25) is 25.7 Å². The molecule has 0 spiro atoms. The summed E-state index contributed by atoms with van der Waals surface area (Å²) in [6.07, 6.45) is 5.69. The standard InChI is InChI=1S/C24H30O2Si/c1-27(2,3)18-23-17-22-16-20(19-10-6-4-7-11-19)14-15-24(22,26-25-23)21-12-8-5-9-13-21/h4-13,16,22-23H,14-15,17-18H2,1-3H3/t22-,23-,24+/m0/s1. The lowest BCUT2D eigenvalue weighted by Gasteiger charge is -2.47. The van der Waals surface area contributed by atoms with Gasteiger partial charge in [0.2, 0.25) is 0 Å².